The first-order chi connectivity index (χ1) is 14.6. The molecule has 1 saturated heterocycles. The number of carbonyl (C=O) groups excluding carboxylic acids is 2. The van der Waals surface area contributed by atoms with Gasteiger partial charge in [0.25, 0.3) is 0 Å². The van der Waals surface area contributed by atoms with Gasteiger partial charge in [-0.2, -0.15) is 0 Å². The third-order valence-electron chi connectivity index (χ3n) is 5.32. The number of morpholine rings is 1. The molecule has 1 aromatic heterocycles. The van der Waals surface area contributed by atoms with Crippen LogP contribution in [-0.4, -0.2) is 59.7 Å². The van der Waals surface area contributed by atoms with Crippen molar-refractivity contribution in [1.82, 2.24) is 20.2 Å². The van der Waals surface area contributed by atoms with Crippen molar-refractivity contribution >= 4 is 24.1 Å². The minimum absolute atomic E-state index is 0.178. The Morgan fingerprint density at radius 2 is 2.07 bits per heavy atom. The van der Waals surface area contributed by atoms with Crippen molar-refractivity contribution < 1.29 is 14.3 Å². The second kappa shape index (κ2) is 8.66. The molecule has 0 spiro atoms. The van der Waals surface area contributed by atoms with Crippen molar-refractivity contribution in [3.63, 3.8) is 0 Å². The van der Waals surface area contributed by atoms with Crippen LogP contribution in [0.3, 0.4) is 0 Å². The fourth-order valence-electron chi connectivity index (χ4n) is 3.78. The number of amides is 3. The molecule has 0 saturated carbocycles. The molecule has 2 aromatic rings. The van der Waals surface area contributed by atoms with Crippen LogP contribution in [0.4, 0.5) is 16.4 Å². The SMILES string of the molecule is CCNC(=O)Nc1ccc(-c2nc(N3CCOC[C@@H]3C)nc3c2CN(C=O)C3)cc1. The van der Waals surface area contributed by atoms with Crippen LogP contribution in [0.2, 0.25) is 0 Å². The third kappa shape index (κ3) is 4.06. The number of anilines is 2. The molecule has 3 amide bonds. The van der Waals surface area contributed by atoms with Gasteiger partial charge in [0, 0.05) is 36.4 Å². The largest absolute Gasteiger partial charge is 0.377 e. The van der Waals surface area contributed by atoms with Crippen LogP contribution in [0, 0.1) is 0 Å². The minimum atomic E-state index is -0.238. The lowest BCUT2D eigenvalue weighted by Crippen LogP contribution is -2.44. The van der Waals surface area contributed by atoms with Gasteiger partial charge >= 0.3 is 6.03 Å². The lowest BCUT2D eigenvalue weighted by Gasteiger charge is -2.33. The first-order valence-corrected chi connectivity index (χ1v) is 10.2. The minimum Gasteiger partial charge on any atom is -0.377 e. The first kappa shape index (κ1) is 20.1. The maximum Gasteiger partial charge on any atom is 0.319 e. The maximum absolute atomic E-state index is 11.7. The molecule has 2 aliphatic rings. The van der Waals surface area contributed by atoms with Gasteiger partial charge < -0.3 is 25.2 Å². The molecule has 4 rings (SSSR count). The highest BCUT2D eigenvalue weighted by Crippen LogP contribution is 2.33. The standard InChI is InChI=1S/C21H26N6O3/c1-3-22-21(29)23-16-6-4-15(5-7-16)19-17-10-26(13-28)11-18(17)24-20(25-19)27-8-9-30-12-14(27)2/h4-7,13-14H,3,8-12H2,1-2H3,(H2,22,23,29)/t14-/m0/s1. The summed E-state index contributed by atoms with van der Waals surface area (Å²) in [4.78, 5) is 36.6. The molecular formula is C21H26N6O3. The fraction of sp³-hybridized carbons (Fsp3) is 0.429. The van der Waals surface area contributed by atoms with Crippen molar-refractivity contribution in [3.05, 3.63) is 35.5 Å². The Hall–Kier alpha value is -3.20. The first-order valence-electron chi connectivity index (χ1n) is 10.2. The quantitative estimate of drug-likeness (QED) is 0.732. The summed E-state index contributed by atoms with van der Waals surface area (Å²) in [5.41, 5.74) is 4.29. The number of hydrogen-bond acceptors (Lipinski definition) is 6. The fourth-order valence-corrected chi connectivity index (χ4v) is 3.78. The smallest absolute Gasteiger partial charge is 0.319 e. The van der Waals surface area contributed by atoms with Gasteiger partial charge in [0.2, 0.25) is 12.4 Å². The molecule has 9 heteroatoms. The number of rotatable bonds is 5. The van der Waals surface area contributed by atoms with E-state index >= 15 is 0 Å². The number of carbonyl (C=O) groups is 2. The molecule has 9 nitrogen and oxygen atoms in total. The normalized spacial score (nSPS) is 18.1. The van der Waals surface area contributed by atoms with E-state index in [4.69, 9.17) is 14.7 Å². The molecule has 0 unspecified atom stereocenters. The zero-order valence-electron chi connectivity index (χ0n) is 17.2. The number of aromatic nitrogens is 2. The molecule has 1 aromatic carbocycles. The maximum atomic E-state index is 11.7. The summed E-state index contributed by atoms with van der Waals surface area (Å²) in [6.07, 6.45) is 0.849. The van der Waals surface area contributed by atoms with Gasteiger partial charge in [0.15, 0.2) is 0 Å². The van der Waals surface area contributed by atoms with E-state index in [9.17, 15) is 9.59 Å². The zero-order chi connectivity index (χ0) is 21.1. The van der Waals surface area contributed by atoms with E-state index in [0.29, 0.717) is 44.5 Å². The van der Waals surface area contributed by atoms with Crippen molar-refractivity contribution in [2.45, 2.75) is 33.0 Å². The molecule has 158 valence electrons. The summed E-state index contributed by atoms with van der Waals surface area (Å²) in [7, 11) is 0. The lowest BCUT2D eigenvalue weighted by molar-refractivity contribution is -0.118. The topological polar surface area (TPSA) is 99.7 Å². The summed E-state index contributed by atoms with van der Waals surface area (Å²) in [6, 6.07) is 7.50. The molecule has 0 aliphatic carbocycles. The van der Waals surface area contributed by atoms with E-state index in [1.54, 1.807) is 4.90 Å². The van der Waals surface area contributed by atoms with Crippen molar-refractivity contribution in [2.24, 2.45) is 0 Å². The molecule has 1 atom stereocenters. The number of nitrogens with zero attached hydrogens (tertiary/aromatic N) is 4. The summed E-state index contributed by atoms with van der Waals surface area (Å²) >= 11 is 0. The number of fused-ring (bicyclic) bond motifs is 1. The highest BCUT2D eigenvalue weighted by molar-refractivity contribution is 5.89. The molecule has 2 N–H and O–H groups in total. The third-order valence-corrected chi connectivity index (χ3v) is 5.32. The number of nitrogens with one attached hydrogen (secondary N) is 2. The van der Waals surface area contributed by atoms with Gasteiger partial charge in [-0.15, -0.1) is 0 Å². The zero-order valence-corrected chi connectivity index (χ0v) is 17.2. The highest BCUT2D eigenvalue weighted by Gasteiger charge is 2.28. The van der Waals surface area contributed by atoms with E-state index in [-0.39, 0.29) is 12.1 Å². The molecule has 30 heavy (non-hydrogen) atoms. The van der Waals surface area contributed by atoms with E-state index in [1.165, 1.54) is 0 Å². The molecule has 3 heterocycles. The molecule has 1 fully saturated rings. The summed E-state index contributed by atoms with van der Waals surface area (Å²) in [5.74, 6) is 0.664. The number of ether oxygens (including phenoxy) is 1. The van der Waals surface area contributed by atoms with E-state index in [1.807, 2.05) is 31.2 Å². The summed E-state index contributed by atoms with van der Waals surface area (Å²) in [5, 5.41) is 5.51. The Labute approximate surface area is 175 Å². The number of benzene rings is 1. The van der Waals surface area contributed by atoms with Crippen molar-refractivity contribution in [1.29, 1.82) is 0 Å². The van der Waals surface area contributed by atoms with Crippen LogP contribution in [0.15, 0.2) is 24.3 Å². The van der Waals surface area contributed by atoms with Crippen LogP contribution >= 0.6 is 0 Å². The second-order valence-electron chi connectivity index (χ2n) is 7.49. The van der Waals surface area contributed by atoms with Crippen molar-refractivity contribution in [2.75, 3.05) is 36.5 Å². The Balaban J connectivity index is 1.68. The van der Waals surface area contributed by atoms with E-state index in [2.05, 4.69) is 22.5 Å². The summed E-state index contributed by atoms with van der Waals surface area (Å²) in [6.45, 7) is 7.50. The summed E-state index contributed by atoms with van der Waals surface area (Å²) < 4.78 is 5.55. The Bertz CT molecular complexity index is 933. The Morgan fingerprint density at radius 3 is 2.77 bits per heavy atom. The number of urea groups is 1. The van der Waals surface area contributed by atoms with E-state index < -0.39 is 0 Å². The molecule has 2 aliphatic heterocycles. The lowest BCUT2D eigenvalue weighted by atomic mass is 10.1. The van der Waals surface area contributed by atoms with Crippen LogP contribution in [0.5, 0.6) is 0 Å². The Morgan fingerprint density at radius 1 is 1.27 bits per heavy atom. The average Bonchev–Trinajstić information content (AvgIpc) is 3.17. The van der Waals surface area contributed by atoms with Gasteiger partial charge in [0.05, 0.1) is 37.2 Å². The number of hydrogen-bond donors (Lipinski definition) is 2. The monoisotopic (exact) mass is 410 g/mol. The van der Waals surface area contributed by atoms with Gasteiger partial charge in [-0.25, -0.2) is 14.8 Å². The molecule has 0 bridgehead atoms. The average molecular weight is 410 g/mol. The van der Waals surface area contributed by atoms with Gasteiger partial charge in [-0.3, -0.25) is 4.79 Å². The second-order valence-corrected chi connectivity index (χ2v) is 7.49. The van der Waals surface area contributed by atoms with E-state index in [0.717, 1.165) is 35.5 Å². The predicted molar refractivity (Wildman–Crippen MR) is 113 cm³/mol. The predicted octanol–water partition coefficient (Wildman–Crippen LogP) is 1.98. The van der Waals surface area contributed by atoms with Gasteiger partial charge in [-0.1, -0.05) is 12.1 Å². The Kier molecular flexibility index (Phi) is 5.80. The van der Waals surface area contributed by atoms with Crippen LogP contribution in [0.1, 0.15) is 25.1 Å². The molecule has 0 radical (unpaired) electrons. The molecular weight excluding hydrogens is 384 g/mol. The van der Waals surface area contributed by atoms with Gasteiger partial charge in [0.1, 0.15) is 0 Å². The highest BCUT2D eigenvalue weighted by atomic mass is 16.5. The van der Waals surface area contributed by atoms with Gasteiger partial charge in [-0.05, 0) is 26.0 Å². The van der Waals surface area contributed by atoms with Crippen LogP contribution in [-0.2, 0) is 22.6 Å². The van der Waals surface area contributed by atoms with Crippen LogP contribution in [0.25, 0.3) is 11.3 Å². The van der Waals surface area contributed by atoms with Crippen LogP contribution < -0.4 is 15.5 Å². The van der Waals surface area contributed by atoms with Crippen molar-refractivity contribution in [3.8, 4) is 11.3 Å².